The predicted octanol–water partition coefficient (Wildman–Crippen LogP) is 2.19. The lowest BCUT2D eigenvalue weighted by molar-refractivity contribution is 0.409. The lowest BCUT2D eigenvalue weighted by Crippen LogP contribution is -2.08. The molecule has 0 aliphatic heterocycles. The summed E-state index contributed by atoms with van der Waals surface area (Å²) in [6.45, 7) is 2.65. The number of hydrogen-bond acceptors (Lipinski definition) is 3. The van der Waals surface area contributed by atoms with Gasteiger partial charge in [-0.25, -0.2) is 0 Å². The summed E-state index contributed by atoms with van der Waals surface area (Å²) in [6, 6.07) is 6.16. The monoisotopic (exact) mass is 211 g/mol. The van der Waals surface area contributed by atoms with Crippen LogP contribution in [0.1, 0.15) is 23.3 Å². The zero-order valence-corrected chi connectivity index (χ0v) is 9.55. The highest BCUT2D eigenvalue weighted by Crippen LogP contribution is 2.29. The molecule has 2 nitrogen and oxygen atoms in total. The Hall–Kier alpha value is -0.670. The number of thiol groups is 1. The maximum absolute atomic E-state index is 5.59. The highest BCUT2D eigenvalue weighted by Gasteiger charge is 2.10. The highest BCUT2D eigenvalue weighted by molar-refractivity contribution is 7.80. The molecule has 3 heteroatoms. The Labute approximate surface area is 90.9 Å². The van der Waals surface area contributed by atoms with Crippen molar-refractivity contribution in [3.63, 3.8) is 0 Å². The van der Waals surface area contributed by atoms with Crippen LogP contribution in [0.15, 0.2) is 18.2 Å². The fraction of sp³-hybridized carbons (Fsp3) is 0.455. The molecule has 0 heterocycles. The normalized spacial score (nSPS) is 12.6. The molecule has 0 aliphatic carbocycles. The Kier molecular flexibility index (Phi) is 4.29. The molecule has 0 aromatic heterocycles. The van der Waals surface area contributed by atoms with Gasteiger partial charge in [0.15, 0.2) is 0 Å². The maximum Gasteiger partial charge on any atom is 0.123 e. The van der Waals surface area contributed by atoms with Gasteiger partial charge in [-0.15, -0.1) is 0 Å². The van der Waals surface area contributed by atoms with E-state index in [0.29, 0.717) is 6.54 Å². The van der Waals surface area contributed by atoms with Gasteiger partial charge in [-0.3, -0.25) is 0 Å². The second-order valence-electron chi connectivity index (χ2n) is 3.18. The summed E-state index contributed by atoms with van der Waals surface area (Å²) in [5, 5.41) is 0.0523. The van der Waals surface area contributed by atoms with Gasteiger partial charge in [-0.05, 0) is 18.1 Å². The third-order valence-electron chi connectivity index (χ3n) is 2.28. The fourth-order valence-corrected chi connectivity index (χ4v) is 1.59. The van der Waals surface area contributed by atoms with Crippen molar-refractivity contribution in [2.45, 2.75) is 18.6 Å². The van der Waals surface area contributed by atoms with Gasteiger partial charge in [0, 0.05) is 17.4 Å². The molecule has 1 atom stereocenters. The van der Waals surface area contributed by atoms with E-state index in [4.69, 9.17) is 10.5 Å². The quantitative estimate of drug-likeness (QED) is 0.749. The first-order chi connectivity index (χ1) is 6.72. The zero-order valence-electron chi connectivity index (χ0n) is 8.66. The number of rotatable bonds is 4. The Balaban J connectivity index is 3.08. The van der Waals surface area contributed by atoms with E-state index in [-0.39, 0.29) is 5.25 Å². The number of ether oxygens (including phenoxy) is 1. The van der Waals surface area contributed by atoms with Crippen molar-refractivity contribution in [3.05, 3.63) is 29.3 Å². The summed E-state index contributed by atoms with van der Waals surface area (Å²) in [7, 11) is 1.67. The molecule has 78 valence electrons. The van der Waals surface area contributed by atoms with Crippen LogP contribution in [0.3, 0.4) is 0 Å². The number of nitrogens with two attached hydrogens (primary N) is 1. The van der Waals surface area contributed by atoms with Crippen LogP contribution in [0, 0.1) is 0 Å². The van der Waals surface area contributed by atoms with E-state index in [1.807, 2.05) is 6.07 Å². The van der Waals surface area contributed by atoms with Gasteiger partial charge in [0.2, 0.25) is 0 Å². The lowest BCUT2D eigenvalue weighted by atomic mass is 10.0. The lowest BCUT2D eigenvalue weighted by Gasteiger charge is -2.14. The smallest absolute Gasteiger partial charge is 0.123 e. The second kappa shape index (κ2) is 5.27. The van der Waals surface area contributed by atoms with E-state index in [1.54, 1.807) is 7.11 Å². The summed E-state index contributed by atoms with van der Waals surface area (Å²) < 4.78 is 5.26. The van der Waals surface area contributed by atoms with Crippen LogP contribution in [0.4, 0.5) is 0 Å². The van der Waals surface area contributed by atoms with Gasteiger partial charge in [-0.1, -0.05) is 19.1 Å². The van der Waals surface area contributed by atoms with Gasteiger partial charge < -0.3 is 10.5 Å². The van der Waals surface area contributed by atoms with Crippen LogP contribution >= 0.6 is 12.6 Å². The Bertz CT molecular complexity index is 301. The minimum absolute atomic E-state index is 0.0523. The van der Waals surface area contributed by atoms with E-state index in [9.17, 15) is 0 Å². The largest absolute Gasteiger partial charge is 0.496 e. The molecule has 0 radical (unpaired) electrons. The van der Waals surface area contributed by atoms with Gasteiger partial charge in [0.1, 0.15) is 5.75 Å². The predicted molar refractivity (Wildman–Crippen MR) is 63.2 cm³/mol. The van der Waals surface area contributed by atoms with Crippen LogP contribution in [-0.4, -0.2) is 13.7 Å². The average molecular weight is 211 g/mol. The summed E-state index contributed by atoms with van der Waals surface area (Å²) in [5.41, 5.74) is 7.95. The van der Waals surface area contributed by atoms with Crippen molar-refractivity contribution in [3.8, 4) is 5.75 Å². The molecule has 2 N–H and O–H groups in total. The Morgan fingerprint density at radius 1 is 1.50 bits per heavy atom. The third-order valence-corrected chi connectivity index (χ3v) is 2.77. The van der Waals surface area contributed by atoms with Crippen LogP contribution in [0.5, 0.6) is 5.75 Å². The van der Waals surface area contributed by atoms with Gasteiger partial charge in [0.05, 0.1) is 7.11 Å². The van der Waals surface area contributed by atoms with Crippen molar-refractivity contribution in [1.82, 2.24) is 0 Å². The van der Waals surface area contributed by atoms with E-state index >= 15 is 0 Å². The standard InChI is InChI=1S/C11H17NOS/c1-3-8-4-5-10(13-2)9(6-8)11(14)7-12/h4-6,11,14H,3,7,12H2,1-2H3. The molecule has 0 spiro atoms. The fourth-order valence-electron chi connectivity index (χ4n) is 1.39. The van der Waals surface area contributed by atoms with Gasteiger partial charge >= 0.3 is 0 Å². The Morgan fingerprint density at radius 3 is 2.71 bits per heavy atom. The molecule has 0 fully saturated rings. The number of aryl methyl sites for hydroxylation is 1. The third kappa shape index (κ3) is 2.42. The average Bonchev–Trinajstić information content (AvgIpc) is 2.27. The summed E-state index contributed by atoms with van der Waals surface area (Å²) in [5.74, 6) is 0.868. The number of methoxy groups -OCH3 is 1. The van der Waals surface area contributed by atoms with E-state index in [1.165, 1.54) is 5.56 Å². The SMILES string of the molecule is CCc1ccc(OC)c(C(S)CN)c1. The number of hydrogen-bond donors (Lipinski definition) is 2. The van der Waals surface area contributed by atoms with Crippen molar-refractivity contribution >= 4 is 12.6 Å². The Morgan fingerprint density at radius 2 is 2.21 bits per heavy atom. The van der Waals surface area contributed by atoms with Crippen LogP contribution < -0.4 is 10.5 Å². The molecule has 1 unspecified atom stereocenters. The molecule has 14 heavy (non-hydrogen) atoms. The first kappa shape index (κ1) is 11.4. The van der Waals surface area contributed by atoms with Gasteiger partial charge in [0.25, 0.3) is 0 Å². The maximum atomic E-state index is 5.59. The van der Waals surface area contributed by atoms with E-state index < -0.39 is 0 Å². The molecular formula is C11H17NOS. The van der Waals surface area contributed by atoms with E-state index in [2.05, 4.69) is 31.7 Å². The molecule has 1 aromatic carbocycles. The van der Waals surface area contributed by atoms with Crippen LogP contribution in [0.25, 0.3) is 0 Å². The van der Waals surface area contributed by atoms with E-state index in [0.717, 1.165) is 17.7 Å². The molecule has 1 rings (SSSR count). The van der Waals surface area contributed by atoms with Crippen molar-refractivity contribution in [2.24, 2.45) is 5.73 Å². The molecule has 0 saturated heterocycles. The molecular weight excluding hydrogens is 194 g/mol. The second-order valence-corrected chi connectivity index (χ2v) is 3.80. The van der Waals surface area contributed by atoms with Crippen LogP contribution in [0.2, 0.25) is 0 Å². The molecule has 0 bridgehead atoms. The first-order valence-electron chi connectivity index (χ1n) is 4.77. The molecule has 0 saturated carbocycles. The van der Waals surface area contributed by atoms with Crippen LogP contribution in [-0.2, 0) is 6.42 Å². The zero-order chi connectivity index (χ0) is 10.6. The minimum atomic E-state index is 0.0523. The van der Waals surface area contributed by atoms with Crippen molar-refractivity contribution < 1.29 is 4.74 Å². The summed E-state index contributed by atoms with van der Waals surface area (Å²) in [6.07, 6.45) is 1.02. The molecule has 1 aromatic rings. The molecule has 0 aliphatic rings. The minimum Gasteiger partial charge on any atom is -0.496 e. The summed E-state index contributed by atoms with van der Waals surface area (Å²) >= 11 is 4.42. The number of benzene rings is 1. The topological polar surface area (TPSA) is 35.2 Å². The molecule has 0 amide bonds. The van der Waals surface area contributed by atoms with Gasteiger partial charge in [-0.2, -0.15) is 12.6 Å². The highest BCUT2D eigenvalue weighted by atomic mass is 32.1. The van der Waals surface area contributed by atoms with Crippen molar-refractivity contribution in [2.75, 3.05) is 13.7 Å². The summed E-state index contributed by atoms with van der Waals surface area (Å²) in [4.78, 5) is 0. The van der Waals surface area contributed by atoms with Crippen molar-refractivity contribution in [1.29, 1.82) is 0 Å². The first-order valence-corrected chi connectivity index (χ1v) is 5.29.